The molecule has 0 bridgehead atoms. The van der Waals surface area contributed by atoms with Gasteiger partial charge in [-0.1, -0.05) is 12.1 Å². The standard InChI is InChI=1S/C23H23F3N4O3S/c1-32-19-11-17-18(12-20(19)33-13-23(24,25)26)28-14-29-22(17)30-16-6-3-15(4-7-16)5-8-21(31)27-9-10-34-2/h3-8,11-12,14H,9-10,13H2,1-2H3,(H,27,31)(H,28,29,30)/b8-5+. The second-order valence-corrected chi connectivity index (χ2v) is 8.00. The summed E-state index contributed by atoms with van der Waals surface area (Å²) in [6, 6.07) is 10.2. The van der Waals surface area contributed by atoms with Gasteiger partial charge in [0.05, 0.1) is 12.6 Å². The van der Waals surface area contributed by atoms with Gasteiger partial charge in [-0.05, 0) is 36.1 Å². The number of amides is 1. The molecular formula is C23H23F3N4O3S. The maximum Gasteiger partial charge on any atom is 0.422 e. The number of fused-ring (bicyclic) bond motifs is 1. The highest BCUT2D eigenvalue weighted by atomic mass is 32.2. The van der Waals surface area contributed by atoms with E-state index in [2.05, 4.69) is 20.6 Å². The first kappa shape index (κ1) is 25.2. The molecule has 11 heteroatoms. The summed E-state index contributed by atoms with van der Waals surface area (Å²) < 4.78 is 47.7. The zero-order valence-electron chi connectivity index (χ0n) is 18.5. The van der Waals surface area contributed by atoms with E-state index in [1.807, 2.05) is 30.5 Å². The summed E-state index contributed by atoms with van der Waals surface area (Å²) in [7, 11) is 1.34. The summed E-state index contributed by atoms with van der Waals surface area (Å²) in [5.74, 6) is 1.21. The van der Waals surface area contributed by atoms with E-state index in [4.69, 9.17) is 9.47 Å². The van der Waals surface area contributed by atoms with Crippen LogP contribution in [0.2, 0.25) is 0 Å². The molecule has 3 rings (SSSR count). The number of aromatic nitrogens is 2. The molecule has 0 radical (unpaired) electrons. The lowest BCUT2D eigenvalue weighted by Gasteiger charge is -2.14. The summed E-state index contributed by atoms with van der Waals surface area (Å²) >= 11 is 1.66. The fraction of sp³-hybridized carbons (Fsp3) is 0.261. The first-order valence-corrected chi connectivity index (χ1v) is 11.5. The second kappa shape index (κ2) is 11.6. The zero-order valence-corrected chi connectivity index (χ0v) is 19.3. The van der Waals surface area contributed by atoms with Gasteiger partial charge in [0.15, 0.2) is 18.1 Å². The molecule has 2 aromatic carbocycles. The number of nitrogens with zero attached hydrogens (tertiary/aromatic N) is 2. The Labute approximate surface area is 198 Å². The Bertz CT molecular complexity index is 1150. The van der Waals surface area contributed by atoms with Gasteiger partial charge >= 0.3 is 6.18 Å². The van der Waals surface area contributed by atoms with E-state index in [1.54, 1.807) is 17.8 Å². The van der Waals surface area contributed by atoms with Gasteiger partial charge in [-0.2, -0.15) is 24.9 Å². The lowest BCUT2D eigenvalue weighted by atomic mass is 10.1. The van der Waals surface area contributed by atoms with Crippen LogP contribution in [-0.4, -0.2) is 54.3 Å². The Morgan fingerprint density at radius 1 is 1.15 bits per heavy atom. The van der Waals surface area contributed by atoms with E-state index in [1.165, 1.54) is 31.6 Å². The zero-order chi connectivity index (χ0) is 24.6. The molecule has 0 aliphatic carbocycles. The smallest absolute Gasteiger partial charge is 0.422 e. The Kier molecular flexibility index (Phi) is 8.58. The molecule has 0 aliphatic heterocycles. The van der Waals surface area contributed by atoms with Gasteiger partial charge in [-0.3, -0.25) is 4.79 Å². The molecule has 0 saturated heterocycles. The number of benzene rings is 2. The lowest BCUT2D eigenvalue weighted by Crippen LogP contribution is -2.23. The molecule has 3 aromatic rings. The van der Waals surface area contributed by atoms with E-state index in [0.717, 1.165) is 17.0 Å². The fourth-order valence-electron chi connectivity index (χ4n) is 2.92. The van der Waals surface area contributed by atoms with E-state index in [0.29, 0.717) is 23.3 Å². The number of rotatable bonds is 10. The van der Waals surface area contributed by atoms with Crippen molar-refractivity contribution in [2.24, 2.45) is 0 Å². The van der Waals surface area contributed by atoms with Crippen LogP contribution in [0.5, 0.6) is 11.5 Å². The quantitative estimate of drug-likeness (QED) is 0.310. The third-order valence-corrected chi connectivity index (χ3v) is 5.13. The van der Waals surface area contributed by atoms with Gasteiger partial charge in [0.25, 0.3) is 0 Å². The molecule has 0 fully saturated rings. The summed E-state index contributed by atoms with van der Waals surface area (Å²) in [6.07, 6.45) is 1.99. The van der Waals surface area contributed by atoms with Crippen molar-refractivity contribution in [2.75, 3.05) is 37.6 Å². The Hall–Kier alpha value is -3.47. The highest BCUT2D eigenvalue weighted by molar-refractivity contribution is 7.98. The van der Waals surface area contributed by atoms with Crippen LogP contribution in [0.15, 0.2) is 48.8 Å². The van der Waals surface area contributed by atoms with Crippen LogP contribution >= 0.6 is 11.8 Å². The van der Waals surface area contributed by atoms with Gasteiger partial charge in [0.2, 0.25) is 5.91 Å². The first-order chi connectivity index (χ1) is 16.3. The van der Waals surface area contributed by atoms with Crippen LogP contribution in [0, 0.1) is 0 Å². The largest absolute Gasteiger partial charge is 0.493 e. The molecule has 1 heterocycles. The Morgan fingerprint density at radius 2 is 1.91 bits per heavy atom. The average Bonchev–Trinajstić information content (AvgIpc) is 2.81. The number of hydrogen-bond donors (Lipinski definition) is 2. The van der Waals surface area contributed by atoms with Gasteiger partial charge in [0, 0.05) is 35.5 Å². The Balaban J connectivity index is 1.75. The van der Waals surface area contributed by atoms with Crippen molar-refractivity contribution in [1.82, 2.24) is 15.3 Å². The second-order valence-electron chi connectivity index (χ2n) is 7.01. The van der Waals surface area contributed by atoms with Crippen LogP contribution in [0.3, 0.4) is 0 Å². The molecule has 0 saturated carbocycles. The molecule has 0 aliphatic rings. The maximum absolute atomic E-state index is 12.6. The molecule has 0 spiro atoms. The predicted octanol–water partition coefficient (Wildman–Crippen LogP) is 4.82. The number of methoxy groups -OCH3 is 1. The Morgan fingerprint density at radius 3 is 2.59 bits per heavy atom. The normalized spacial score (nSPS) is 11.6. The van der Waals surface area contributed by atoms with E-state index >= 15 is 0 Å². The van der Waals surface area contributed by atoms with Gasteiger partial charge in [-0.25, -0.2) is 9.97 Å². The summed E-state index contributed by atoms with van der Waals surface area (Å²) in [4.78, 5) is 20.2. The third kappa shape index (κ3) is 7.27. The van der Waals surface area contributed by atoms with Crippen molar-refractivity contribution in [2.45, 2.75) is 6.18 Å². The van der Waals surface area contributed by atoms with E-state index in [9.17, 15) is 18.0 Å². The topological polar surface area (TPSA) is 85.4 Å². The number of halogens is 3. The van der Waals surface area contributed by atoms with E-state index < -0.39 is 12.8 Å². The number of carbonyl (C=O) groups is 1. The number of alkyl halides is 3. The van der Waals surface area contributed by atoms with E-state index in [-0.39, 0.29) is 17.4 Å². The highest BCUT2D eigenvalue weighted by Crippen LogP contribution is 2.35. The van der Waals surface area contributed by atoms with Crippen molar-refractivity contribution in [1.29, 1.82) is 0 Å². The van der Waals surface area contributed by atoms with Gasteiger partial charge in [-0.15, -0.1) is 0 Å². The third-order valence-electron chi connectivity index (χ3n) is 4.52. The van der Waals surface area contributed by atoms with Gasteiger partial charge < -0.3 is 20.1 Å². The summed E-state index contributed by atoms with van der Waals surface area (Å²) in [5, 5.41) is 6.51. The van der Waals surface area contributed by atoms with Crippen molar-refractivity contribution < 1.29 is 27.4 Å². The van der Waals surface area contributed by atoms with Crippen molar-refractivity contribution in [3.63, 3.8) is 0 Å². The molecule has 0 unspecified atom stereocenters. The molecule has 34 heavy (non-hydrogen) atoms. The molecule has 7 nitrogen and oxygen atoms in total. The fourth-order valence-corrected chi connectivity index (χ4v) is 3.22. The van der Waals surface area contributed by atoms with Crippen molar-refractivity contribution >= 4 is 46.2 Å². The van der Waals surface area contributed by atoms with Gasteiger partial charge in [0.1, 0.15) is 12.1 Å². The maximum atomic E-state index is 12.6. The molecule has 0 atom stereocenters. The SMILES string of the molecule is COc1cc2c(Nc3ccc(/C=C/C(=O)NCCSC)cc3)ncnc2cc1OCC(F)(F)F. The average molecular weight is 493 g/mol. The van der Waals surface area contributed by atoms with Crippen LogP contribution in [-0.2, 0) is 4.79 Å². The molecule has 1 aromatic heterocycles. The summed E-state index contributed by atoms with van der Waals surface area (Å²) in [5.41, 5.74) is 1.95. The minimum atomic E-state index is -4.47. The molecular weight excluding hydrogens is 469 g/mol. The van der Waals surface area contributed by atoms with Crippen molar-refractivity contribution in [3.8, 4) is 11.5 Å². The highest BCUT2D eigenvalue weighted by Gasteiger charge is 2.29. The van der Waals surface area contributed by atoms with Crippen LogP contribution in [0.1, 0.15) is 5.56 Å². The first-order valence-electron chi connectivity index (χ1n) is 10.1. The van der Waals surface area contributed by atoms with Crippen molar-refractivity contribution in [3.05, 3.63) is 54.4 Å². The van der Waals surface area contributed by atoms with Crippen LogP contribution < -0.4 is 20.1 Å². The minimum Gasteiger partial charge on any atom is -0.493 e. The molecule has 180 valence electrons. The van der Waals surface area contributed by atoms with Crippen LogP contribution in [0.25, 0.3) is 17.0 Å². The number of ether oxygens (including phenoxy) is 2. The monoisotopic (exact) mass is 492 g/mol. The predicted molar refractivity (Wildman–Crippen MR) is 128 cm³/mol. The molecule has 2 N–H and O–H groups in total. The number of hydrogen-bond acceptors (Lipinski definition) is 7. The molecule has 1 amide bonds. The number of carbonyl (C=O) groups excluding carboxylic acids is 1. The lowest BCUT2D eigenvalue weighted by molar-refractivity contribution is -0.153. The number of thioether (sulfide) groups is 1. The van der Waals surface area contributed by atoms with Crippen LogP contribution in [0.4, 0.5) is 24.7 Å². The number of anilines is 2. The number of nitrogens with one attached hydrogen (secondary N) is 2. The minimum absolute atomic E-state index is 0.0643. The summed E-state index contributed by atoms with van der Waals surface area (Å²) in [6.45, 7) is -0.827.